The van der Waals surface area contributed by atoms with Crippen LogP contribution in [0.5, 0.6) is 0 Å². The second-order valence-electron chi connectivity index (χ2n) is 2.98. The number of benzene rings is 1. The van der Waals surface area contributed by atoms with Crippen molar-refractivity contribution in [2.45, 2.75) is 5.92 Å². The minimum Gasteiger partial charge on any atom is -0.107 e. The van der Waals surface area contributed by atoms with E-state index in [1.54, 1.807) is 0 Å². The van der Waals surface area contributed by atoms with Gasteiger partial charge in [-0.05, 0) is 5.56 Å². The lowest BCUT2D eigenvalue weighted by molar-refractivity contribution is 0.898. The van der Waals surface area contributed by atoms with E-state index in [0.29, 0.717) is 5.92 Å². The van der Waals surface area contributed by atoms with Gasteiger partial charge in [-0.3, -0.25) is 0 Å². The molecule has 1 saturated heterocycles. The van der Waals surface area contributed by atoms with Gasteiger partial charge in [0, 0.05) is 17.4 Å². The molecule has 0 N–H and O–H groups in total. The summed E-state index contributed by atoms with van der Waals surface area (Å²) in [6.45, 7) is 0. The second kappa shape index (κ2) is 4.49. The Balaban J connectivity index is 2.07. The van der Waals surface area contributed by atoms with Crippen LogP contribution in [0.3, 0.4) is 0 Å². The maximum Gasteiger partial charge on any atom is 0.104 e. The van der Waals surface area contributed by atoms with Gasteiger partial charge < -0.3 is 0 Å². The first-order valence-electron chi connectivity index (χ1n) is 4.21. The minimum absolute atomic E-state index is 0.683. The predicted molar refractivity (Wildman–Crippen MR) is 66.7 cm³/mol. The highest BCUT2D eigenvalue weighted by molar-refractivity contribution is 8.47. The Morgan fingerprint density at radius 2 is 1.69 bits per heavy atom. The topological polar surface area (TPSA) is 0 Å². The van der Waals surface area contributed by atoms with Gasteiger partial charge in [0.15, 0.2) is 0 Å². The lowest BCUT2D eigenvalue weighted by Gasteiger charge is -2.21. The quantitative estimate of drug-likeness (QED) is 0.672. The van der Waals surface area contributed by atoms with Crippen LogP contribution in [0.15, 0.2) is 30.3 Å². The van der Waals surface area contributed by atoms with Crippen LogP contribution in [-0.4, -0.2) is 15.0 Å². The van der Waals surface area contributed by atoms with Crippen molar-refractivity contribution in [2.24, 2.45) is 0 Å². The highest BCUT2D eigenvalue weighted by Gasteiger charge is 2.18. The lowest BCUT2D eigenvalue weighted by Crippen LogP contribution is -2.11. The van der Waals surface area contributed by atoms with Crippen LogP contribution in [0.25, 0.3) is 0 Å². The van der Waals surface area contributed by atoms with E-state index >= 15 is 0 Å². The van der Waals surface area contributed by atoms with Gasteiger partial charge in [-0.1, -0.05) is 42.5 Å². The molecule has 1 aromatic carbocycles. The highest BCUT2D eigenvalue weighted by atomic mass is 32.2. The average molecular weight is 226 g/mol. The van der Waals surface area contributed by atoms with Crippen LogP contribution >= 0.6 is 35.7 Å². The first-order chi connectivity index (χ1) is 6.36. The second-order valence-corrected chi connectivity index (χ2v) is 6.22. The standard InChI is InChI=1S/C10H10S3/c11-10-12-6-9(7-13-10)8-4-2-1-3-5-8/h1-5,9H,6-7H2. The van der Waals surface area contributed by atoms with E-state index < -0.39 is 0 Å². The van der Waals surface area contributed by atoms with Gasteiger partial charge in [-0.25, -0.2) is 0 Å². The van der Waals surface area contributed by atoms with Gasteiger partial charge in [0.2, 0.25) is 0 Å². The van der Waals surface area contributed by atoms with Gasteiger partial charge >= 0.3 is 0 Å². The molecule has 68 valence electrons. The molecule has 2 rings (SSSR count). The van der Waals surface area contributed by atoms with Crippen LogP contribution < -0.4 is 0 Å². The molecular formula is C10H10S3. The maximum absolute atomic E-state index is 5.13. The summed E-state index contributed by atoms with van der Waals surface area (Å²) in [5.74, 6) is 2.98. The largest absolute Gasteiger partial charge is 0.107 e. The van der Waals surface area contributed by atoms with Crippen LogP contribution in [0.2, 0.25) is 0 Å². The molecule has 1 aliphatic heterocycles. The Hall–Kier alpha value is 0.01000. The molecule has 0 aliphatic carbocycles. The van der Waals surface area contributed by atoms with Crippen molar-refractivity contribution in [3.8, 4) is 0 Å². The monoisotopic (exact) mass is 226 g/mol. The number of thioether (sulfide) groups is 2. The zero-order chi connectivity index (χ0) is 9.10. The molecule has 0 bridgehead atoms. The first-order valence-corrected chi connectivity index (χ1v) is 6.59. The van der Waals surface area contributed by atoms with Crippen molar-refractivity contribution in [3.05, 3.63) is 35.9 Å². The summed E-state index contributed by atoms with van der Waals surface area (Å²) in [5.41, 5.74) is 1.45. The van der Waals surface area contributed by atoms with E-state index in [1.807, 2.05) is 23.5 Å². The fourth-order valence-corrected chi connectivity index (χ4v) is 3.94. The van der Waals surface area contributed by atoms with Crippen molar-refractivity contribution >= 4 is 39.3 Å². The zero-order valence-electron chi connectivity index (χ0n) is 7.10. The first kappa shape index (κ1) is 9.56. The maximum atomic E-state index is 5.13. The summed E-state index contributed by atoms with van der Waals surface area (Å²) in [4.78, 5) is 0. The van der Waals surface area contributed by atoms with Crippen LogP contribution in [-0.2, 0) is 0 Å². The summed E-state index contributed by atoms with van der Waals surface area (Å²) in [6, 6.07) is 10.7. The van der Waals surface area contributed by atoms with Crippen LogP contribution in [0, 0.1) is 0 Å². The smallest absolute Gasteiger partial charge is 0.104 e. The molecule has 0 radical (unpaired) electrons. The van der Waals surface area contributed by atoms with E-state index in [0.717, 1.165) is 15.0 Å². The molecule has 0 atom stereocenters. The number of hydrogen-bond acceptors (Lipinski definition) is 3. The molecule has 3 heteroatoms. The molecule has 0 nitrogen and oxygen atoms in total. The molecular weight excluding hydrogens is 216 g/mol. The number of hydrogen-bond donors (Lipinski definition) is 0. The van der Waals surface area contributed by atoms with Gasteiger partial charge in [0.1, 0.15) is 3.53 Å². The summed E-state index contributed by atoms with van der Waals surface area (Å²) in [5, 5.41) is 0. The van der Waals surface area contributed by atoms with Crippen LogP contribution in [0.4, 0.5) is 0 Å². The van der Waals surface area contributed by atoms with Crippen molar-refractivity contribution in [1.29, 1.82) is 0 Å². The number of thiocarbonyl (C=S) groups is 1. The summed E-state index contributed by atoms with van der Waals surface area (Å²) >= 11 is 8.77. The Labute approximate surface area is 92.5 Å². The van der Waals surface area contributed by atoms with E-state index in [2.05, 4.69) is 30.3 Å². The molecule has 0 amide bonds. The van der Waals surface area contributed by atoms with E-state index in [1.165, 1.54) is 5.56 Å². The minimum atomic E-state index is 0.683. The predicted octanol–water partition coefficient (Wildman–Crippen LogP) is 3.54. The van der Waals surface area contributed by atoms with Gasteiger partial charge in [0.05, 0.1) is 0 Å². The summed E-state index contributed by atoms with van der Waals surface area (Å²) in [6.07, 6.45) is 0. The molecule has 0 aromatic heterocycles. The molecule has 1 aromatic rings. The molecule has 13 heavy (non-hydrogen) atoms. The van der Waals surface area contributed by atoms with Crippen molar-refractivity contribution in [2.75, 3.05) is 11.5 Å². The van der Waals surface area contributed by atoms with Gasteiger partial charge in [0.25, 0.3) is 0 Å². The molecule has 1 aliphatic rings. The molecule has 0 spiro atoms. The molecule has 0 unspecified atom stereocenters. The summed E-state index contributed by atoms with van der Waals surface area (Å²) in [7, 11) is 0. The number of rotatable bonds is 1. The van der Waals surface area contributed by atoms with Gasteiger partial charge in [-0.2, -0.15) is 0 Å². The Kier molecular flexibility index (Phi) is 3.30. The third-order valence-corrected chi connectivity index (χ3v) is 5.10. The average Bonchev–Trinajstić information content (AvgIpc) is 2.20. The molecule has 0 saturated carbocycles. The van der Waals surface area contributed by atoms with Gasteiger partial charge in [-0.15, -0.1) is 23.5 Å². The van der Waals surface area contributed by atoms with E-state index in [-0.39, 0.29) is 0 Å². The fourth-order valence-electron chi connectivity index (χ4n) is 1.34. The summed E-state index contributed by atoms with van der Waals surface area (Å²) < 4.78 is 1.10. The van der Waals surface area contributed by atoms with E-state index in [4.69, 9.17) is 12.2 Å². The third-order valence-electron chi connectivity index (χ3n) is 2.08. The normalized spacial score (nSPS) is 18.9. The van der Waals surface area contributed by atoms with E-state index in [9.17, 15) is 0 Å². The Bertz CT molecular complexity index is 284. The van der Waals surface area contributed by atoms with Crippen molar-refractivity contribution in [1.82, 2.24) is 0 Å². The van der Waals surface area contributed by atoms with Crippen LogP contribution in [0.1, 0.15) is 11.5 Å². The molecule has 1 fully saturated rings. The fraction of sp³-hybridized carbons (Fsp3) is 0.300. The third kappa shape index (κ3) is 2.48. The van der Waals surface area contributed by atoms with Crippen molar-refractivity contribution < 1.29 is 0 Å². The Morgan fingerprint density at radius 3 is 2.31 bits per heavy atom. The Morgan fingerprint density at radius 1 is 1.08 bits per heavy atom. The highest BCUT2D eigenvalue weighted by Crippen LogP contribution is 2.34. The lowest BCUT2D eigenvalue weighted by atomic mass is 10.0. The SMILES string of the molecule is S=C1SCC(c2ccccc2)CS1. The van der Waals surface area contributed by atoms with Crippen molar-refractivity contribution in [3.63, 3.8) is 0 Å². The molecule has 1 heterocycles. The zero-order valence-corrected chi connectivity index (χ0v) is 9.55.